The topological polar surface area (TPSA) is 87.1 Å². The Morgan fingerprint density at radius 1 is 1.42 bits per heavy atom. The minimum atomic E-state index is -0.314. The normalized spacial score (nSPS) is 13.9. The maximum Gasteiger partial charge on any atom is 0.321 e. The van der Waals surface area contributed by atoms with Crippen molar-refractivity contribution in [3.05, 3.63) is 5.01 Å². The summed E-state index contributed by atoms with van der Waals surface area (Å²) in [6.07, 6.45) is 3.08. The second kappa shape index (κ2) is 8.06. The molecule has 3 N–H and O–H groups in total. The largest absolute Gasteiger partial charge is 0.396 e. The van der Waals surface area contributed by atoms with Crippen LogP contribution in [0, 0.1) is 5.92 Å². The molecule has 1 heterocycles. The molecule has 0 saturated heterocycles. The smallest absolute Gasteiger partial charge is 0.321 e. The number of rotatable bonds is 7. The monoisotopic (exact) mass is 286 g/mol. The molecule has 6 nitrogen and oxygen atoms in total. The summed E-state index contributed by atoms with van der Waals surface area (Å²) in [7, 11) is 0. The van der Waals surface area contributed by atoms with E-state index in [2.05, 4.69) is 27.8 Å². The highest BCUT2D eigenvalue weighted by Gasteiger charge is 2.15. The Kier molecular flexibility index (Phi) is 6.72. The van der Waals surface area contributed by atoms with E-state index in [1.165, 1.54) is 11.3 Å². The van der Waals surface area contributed by atoms with E-state index in [1.54, 1.807) is 0 Å². The molecule has 0 aliphatic rings. The van der Waals surface area contributed by atoms with Crippen LogP contribution < -0.4 is 10.6 Å². The van der Waals surface area contributed by atoms with E-state index in [9.17, 15) is 4.79 Å². The van der Waals surface area contributed by atoms with Crippen molar-refractivity contribution in [2.45, 2.75) is 46.1 Å². The number of carbonyl (C=O) groups excluding carboxylic acids is 1. The highest BCUT2D eigenvalue weighted by atomic mass is 32.1. The van der Waals surface area contributed by atoms with Crippen LogP contribution in [0.5, 0.6) is 0 Å². The van der Waals surface area contributed by atoms with Crippen LogP contribution in [0.4, 0.5) is 9.93 Å². The second-order valence-electron chi connectivity index (χ2n) is 4.65. The molecule has 0 bridgehead atoms. The van der Waals surface area contributed by atoms with Gasteiger partial charge in [-0.05, 0) is 19.3 Å². The van der Waals surface area contributed by atoms with Gasteiger partial charge in [-0.1, -0.05) is 31.6 Å². The average molecular weight is 286 g/mol. The minimum absolute atomic E-state index is 0.0142. The minimum Gasteiger partial charge on any atom is -0.396 e. The highest BCUT2D eigenvalue weighted by molar-refractivity contribution is 7.15. The lowest BCUT2D eigenvalue weighted by Gasteiger charge is -2.18. The molecule has 0 radical (unpaired) electrons. The van der Waals surface area contributed by atoms with E-state index in [4.69, 9.17) is 5.11 Å². The molecule has 1 aromatic heterocycles. The Morgan fingerprint density at radius 2 is 2.16 bits per heavy atom. The molecule has 0 fully saturated rings. The zero-order valence-electron chi connectivity index (χ0n) is 11.6. The van der Waals surface area contributed by atoms with Gasteiger partial charge in [0.15, 0.2) is 0 Å². The van der Waals surface area contributed by atoms with E-state index < -0.39 is 0 Å². The van der Waals surface area contributed by atoms with E-state index in [0.29, 0.717) is 5.13 Å². The van der Waals surface area contributed by atoms with Crippen molar-refractivity contribution in [3.63, 3.8) is 0 Å². The Morgan fingerprint density at radius 3 is 2.79 bits per heavy atom. The van der Waals surface area contributed by atoms with Crippen molar-refractivity contribution in [2.24, 2.45) is 5.92 Å². The Bertz CT molecular complexity index is 397. The first-order valence-corrected chi connectivity index (χ1v) is 7.39. The fraction of sp³-hybridized carbons (Fsp3) is 0.750. The van der Waals surface area contributed by atoms with Crippen LogP contribution in [-0.4, -0.2) is 34.0 Å². The summed E-state index contributed by atoms with van der Waals surface area (Å²) >= 11 is 1.40. The number of nitrogens with one attached hydrogen (secondary N) is 2. The highest BCUT2D eigenvalue weighted by Crippen LogP contribution is 2.17. The van der Waals surface area contributed by atoms with E-state index in [-0.39, 0.29) is 24.6 Å². The molecule has 0 saturated carbocycles. The van der Waals surface area contributed by atoms with Crippen LogP contribution >= 0.6 is 11.3 Å². The number of hydrogen-bond acceptors (Lipinski definition) is 5. The van der Waals surface area contributed by atoms with Gasteiger partial charge >= 0.3 is 6.03 Å². The first-order chi connectivity index (χ1) is 9.06. The molecule has 0 aliphatic carbocycles. The van der Waals surface area contributed by atoms with Crippen LogP contribution in [-0.2, 0) is 6.42 Å². The third kappa shape index (κ3) is 5.52. The Balaban J connectivity index is 2.41. The summed E-state index contributed by atoms with van der Waals surface area (Å²) in [5.74, 6) is 0.0142. The van der Waals surface area contributed by atoms with Crippen molar-refractivity contribution >= 4 is 22.5 Å². The van der Waals surface area contributed by atoms with Gasteiger partial charge in [-0.2, -0.15) is 0 Å². The van der Waals surface area contributed by atoms with Gasteiger partial charge in [0, 0.05) is 19.1 Å². The molecule has 0 aliphatic heterocycles. The number of nitrogens with zero attached hydrogens (tertiary/aromatic N) is 2. The Labute approximate surface area is 117 Å². The molecule has 1 rings (SSSR count). The first-order valence-electron chi connectivity index (χ1n) is 6.57. The van der Waals surface area contributed by atoms with Crippen LogP contribution in [0.1, 0.15) is 38.6 Å². The third-order valence-corrected chi connectivity index (χ3v) is 3.83. The molecular weight excluding hydrogens is 264 g/mol. The molecular formula is C12H22N4O2S. The van der Waals surface area contributed by atoms with Gasteiger partial charge in [0.05, 0.1) is 0 Å². The van der Waals surface area contributed by atoms with Crippen LogP contribution in [0.2, 0.25) is 0 Å². The lowest BCUT2D eigenvalue weighted by molar-refractivity contribution is 0.204. The number of aryl methyl sites for hydroxylation is 1. The molecule has 19 heavy (non-hydrogen) atoms. The zero-order chi connectivity index (χ0) is 14.3. The lowest BCUT2D eigenvalue weighted by atomic mass is 10.1. The fourth-order valence-corrected chi connectivity index (χ4v) is 2.15. The number of unbranched alkanes of at least 4 members (excludes halogenated alkanes) is 1. The number of carbonyl (C=O) groups is 1. The van der Waals surface area contributed by atoms with Gasteiger partial charge in [0.25, 0.3) is 0 Å². The fourth-order valence-electron chi connectivity index (χ4n) is 1.37. The van der Waals surface area contributed by atoms with Crippen molar-refractivity contribution < 1.29 is 9.90 Å². The summed E-state index contributed by atoms with van der Waals surface area (Å²) in [6, 6.07) is -0.413. The van der Waals surface area contributed by atoms with Gasteiger partial charge in [-0.25, -0.2) is 4.79 Å². The number of amides is 2. The van der Waals surface area contributed by atoms with Crippen LogP contribution in [0.15, 0.2) is 0 Å². The molecule has 0 aromatic carbocycles. The number of anilines is 1. The maximum atomic E-state index is 11.7. The molecule has 2 atom stereocenters. The van der Waals surface area contributed by atoms with Crippen LogP contribution in [0.3, 0.4) is 0 Å². The maximum absolute atomic E-state index is 11.7. The second-order valence-corrected chi connectivity index (χ2v) is 5.71. The molecule has 0 spiro atoms. The van der Waals surface area contributed by atoms with Gasteiger partial charge < -0.3 is 10.4 Å². The van der Waals surface area contributed by atoms with Crippen molar-refractivity contribution in [1.29, 1.82) is 0 Å². The first kappa shape index (κ1) is 15.8. The number of aliphatic hydroxyl groups excluding tert-OH is 1. The molecule has 2 amide bonds. The van der Waals surface area contributed by atoms with E-state index in [1.807, 2.05) is 13.8 Å². The molecule has 1 aromatic rings. The SMILES string of the molecule is CCCCc1nnc(NC(=O)NC(C)C(C)CO)s1. The average Bonchev–Trinajstić information content (AvgIpc) is 2.82. The molecule has 2 unspecified atom stereocenters. The van der Waals surface area contributed by atoms with Crippen LogP contribution in [0.25, 0.3) is 0 Å². The van der Waals surface area contributed by atoms with Crippen molar-refractivity contribution in [1.82, 2.24) is 15.5 Å². The van der Waals surface area contributed by atoms with E-state index >= 15 is 0 Å². The lowest BCUT2D eigenvalue weighted by Crippen LogP contribution is -2.40. The molecule has 7 heteroatoms. The number of urea groups is 1. The summed E-state index contributed by atoms with van der Waals surface area (Å²) < 4.78 is 0. The number of aliphatic hydroxyl groups is 1. The summed E-state index contributed by atoms with van der Waals surface area (Å²) in [6.45, 7) is 5.89. The van der Waals surface area contributed by atoms with Gasteiger partial charge in [-0.15, -0.1) is 10.2 Å². The molecule has 108 valence electrons. The standard InChI is InChI=1S/C12H22N4O2S/c1-4-5-6-10-15-16-12(19-10)14-11(18)13-9(3)8(2)7-17/h8-9,17H,4-7H2,1-3H3,(H2,13,14,16,18). The number of hydrogen-bond donors (Lipinski definition) is 3. The van der Waals surface area contributed by atoms with Crippen molar-refractivity contribution in [2.75, 3.05) is 11.9 Å². The summed E-state index contributed by atoms with van der Waals surface area (Å²) in [5.41, 5.74) is 0. The summed E-state index contributed by atoms with van der Waals surface area (Å²) in [5, 5.41) is 23.8. The third-order valence-electron chi connectivity index (χ3n) is 2.93. The van der Waals surface area contributed by atoms with Gasteiger partial charge in [-0.3, -0.25) is 5.32 Å². The number of aromatic nitrogens is 2. The summed E-state index contributed by atoms with van der Waals surface area (Å²) in [4.78, 5) is 11.7. The van der Waals surface area contributed by atoms with Gasteiger partial charge in [0.2, 0.25) is 5.13 Å². The van der Waals surface area contributed by atoms with E-state index in [0.717, 1.165) is 24.3 Å². The Hall–Kier alpha value is -1.21. The zero-order valence-corrected chi connectivity index (χ0v) is 12.5. The van der Waals surface area contributed by atoms with Gasteiger partial charge in [0.1, 0.15) is 5.01 Å². The quantitative estimate of drug-likeness (QED) is 0.715. The van der Waals surface area contributed by atoms with Crippen molar-refractivity contribution in [3.8, 4) is 0 Å². The predicted molar refractivity (Wildman–Crippen MR) is 76.4 cm³/mol. The predicted octanol–water partition coefficient (Wildman–Crippen LogP) is 2.02.